The molecule has 134 valence electrons. The molecule has 1 amide bonds. The van der Waals surface area contributed by atoms with Gasteiger partial charge in [0, 0.05) is 12.3 Å². The van der Waals surface area contributed by atoms with Crippen molar-refractivity contribution in [1.29, 1.82) is 0 Å². The summed E-state index contributed by atoms with van der Waals surface area (Å²) in [6.45, 7) is 4.35. The average molecular weight is 353 g/mol. The second kappa shape index (κ2) is 6.88. The molecule has 0 bridgehead atoms. The van der Waals surface area contributed by atoms with Crippen molar-refractivity contribution in [3.8, 4) is 5.75 Å². The third-order valence-corrected chi connectivity index (χ3v) is 3.52. The van der Waals surface area contributed by atoms with Gasteiger partial charge in [0.05, 0.1) is 11.9 Å². The summed E-state index contributed by atoms with van der Waals surface area (Å²) in [5.74, 6) is -3.73. The Morgan fingerprint density at radius 3 is 2.60 bits per heavy atom. The highest BCUT2D eigenvalue weighted by molar-refractivity contribution is 5.93. The first kappa shape index (κ1) is 18.4. The van der Waals surface area contributed by atoms with Crippen molar-refractivity contribution in [2.75, 3.05) is 5.32 Å². The van der Waals surface area contributed by atoms with Crippen molar-refractivity contribution in [2.24, 2.45) is 0 Å². The van der Waals surface area contributed by atoms with Crippen molar-refractivity contribution in [3.63, 3.8) is 0 Å². The number of aliphatic carboxylic acids is 1. The molecule has 1 aromatic carbocycles. The Hall–Kier alpha value is -2.97. The van der Waals surface area contributed by atoms with E-state index in [9.17, 15) is 18.4 Å². The predicted molar refractivity (Wildman–Crippen MR) is 84.3 cm³/mol. The monoisotopic (exact) mass is 353 g/mol. The number of benzene rings is 1. The Morgan fingerprint density at radius 1 is 1.32 bits per heavy atom. The molecule has 1 unspecified atom stereocenters. The second-order valence-electron chi connectivity index (χ2n) is 5.86. The van der Waals surface area contributed by atoms with E-state index in [0.29, 0.717) is 0 Å². The fourth-order valence-electron chi connectivity index (χ4n) is 1.84. The van der Waals surface area contributed by atoms with Crippen LogP contribution in [0, 0.1) is 11.6 Å². The number of anilines is 1. The fourth-order valence-corrected chi connectivity index (χ4v) is 1.84. The fraction of sp³-hybridized carbons (Fsp3) is 0.312. The van der Waals surface area contributed by atoms with E-state index in [0.717, 1.165) is 12.1 Å². The smallest absolute Gasteiger partial charge is 0.331 e. The number of amides is 1. The van der Waals surface area contributed by atoms with Crippen LogP contribution in [0.25, 0.3) is 0 Å². The van der Waals surface area contributed by atoms with Crippen LogP contribution in [-0.2, 0) is 15.1 Å². The summed E-state index contributed by atoms with van der Waals surface area (Å²) in [6, 6.07) is 2.94. The van der Waals surface area contributed by atoms with E-state index >= 15 is 0 Å². The summed E-state index contributed by atoms with van der Waals surface area (Å²) in [5.41, 5.74) is -1.00. The first-order valence-corrected chi connectivity index (χ1v) is 7.32. The molecule has 2 N–H and O–H groups in total. The number of hydrogen-bond acceptors (Lipinski definition) is 4. The summed E-state index contributed by atoms with van der Waals surface area (Å²) in [7, 11) is 0. The lowest BCUT2D eigenvalue weighted by Gasteiger charge is -2.19. The highest BCUT2D eigenvalue weighted by Crippen LogP contribution is 2.19. The van der Waals surface area contributed by atoms with Gasteiger partial charge in [-0.15, -0.1) is 0 Å². The number of carboxylic acids is 1. The predicted octanol–water partition coefficient (Wildman–Crippen LogP) is 2.39. The first-order valence-electron chi connectivity index (χ1n) is 7.32. The summed E-state index contributed by atoms with van der Waals surface area (Å²) in [6.07, 6.45) is 1.67. The zero-order valence-corrected chi connectivity index (χ0v) is 13.8. The topological polar surface area (TPSA) is 93.5 Å². The molecule has 1 atom stereocenters. The highest BCUT2D eigenvalue weighted by Gasteiger charge is 2.30. The zero-order valence-electron chi connectivity index (χ0n) is 13.8. The Morgan fingerprint density at radius 2 is 2.00 bits per heavy atom. The van der Waals surface area contributed by atoms with Crippen LogP contribution >= 0.6 is 0 Å². The number of carboxylic acid groups (broad SMARTS) is 1. The minimum Gasteiger partial charge on any atom is -0.481 e. The molecule has 0 saturated carbocycles. The van der Waals surface area contributed by atoms with Crippen molar-refractivity contribution in [3.05, 3.63) is 42.2 Å². The molecule has 0 aliphatic rings. The van der Waals surface area contributed by atoms with Gasteiger partial charge in [0.2, 0.25) is 0 Å². The quantitative estimate of drug-likeness (QED) is 0.832. The number of halogens is 2. The van der Waals surface area contributed by atoms with Crippen LogP contribution in [0.15, 0.2) is 30.6 Å². The third-order valence-electron chi connectivity index (χ3n) is 3.52. The molecule has 1 aromatic heterocycles. The maximum Gasteiger partial charge on any atom is 0.331 e. The zero-order chi connectivity index (χ0) is 18.8. The standard InChI is InChI=1S/C16H17F2N3O4/c1-9(25-11-4-5-12(17)13(18)6-11)14(22)20-10-7-19-21(8-10)16(2,3)15(23)24/h4-9H,1-3H3,(H,20,22)(H,23,24). The van der Waals surface area contributed by atoms with E-state index in [4.69, 9.17) is 9.84 Å². The van der Waals surface area contributed by atoms with Crippen LogP contribution in [0.1, 0.15) is 20.8 Å². The number of nitrogens with one attached hydrogen (secondary N) is 1. The van der Waals surface area contributed by atoms with Gasteiger partial charge in [-0.25, -0.2) is 13.6 Å². The molecule has 0 aliphatic carbocycles. The molecular formula is C16H17F2N3O4. The van der Waals surface area contributed by atoms with Gasteiger partial charge in [0.15, 0.2) is 23.3 Å². The number of nitrogens with zero attached hydrogens (tertiary/aromatic N) is 2. The largest absolute Gasteiger partial charge is 0.481 e. The van der Waals surface area contributed by atoms with Crippen LogP contribution in [0.5, 0.6) is 5.75 Å². The van der Waals surface area contributed by atoms with Gasteiger partial charge in [-0.2, -0.15) is 5.10 Å². The number of rotatable bonds is 6. The molecule has 0 saturated heterocycles. The van der Waals surface area contributed by atoms with Crippen LogP contribution < -0.4 is 10.1 Å². The van der Waals surface area contributed by atoms with Gasteiger partial charge in [-0.3, -0.25) is 9.48 Å². The van der Waals surface area contributed by atoms with E-state index in [1.165, 1.54) is 43.9 Å². The first-order chi connectivity index (χ1) is 11.6. The Bertz CT molecular complexity index is 804. The minimum absolute atomic E-state index is 0.00394. The lowest BCUT2D eigenvalue weighted by Crippen LogP contribution is -2.36. The maximum absolute atomic E-state index is 13.1. The van der Waals surface area contributed by atoms with E-state index in [-0.39, 0.29) is 11.4 Å². The molecule has 0 spiro atoms. The average Bonchev–Trinajstić information content (AvgIpc) is 3.00. The lowest BCUT2D eigenvalue weighted by atomic mass is 10.1. The molecule has 7 nitrogen and oxygen atoms in total. The van der Waals surface area contributed by atoms with Crippen LogP contribution in [0.2, 0.25) is 0 Å². The Labute approximate surface area is 142 Å². The molecule has 0 radical (unpaired) electrons. The lowest BCUT2D eigenvalue weighted by molar-refractivity contribution is -0.146. The number of hydrogen-bond donors (Lipinski definition) is 2. The van der Waals surface area contributed by atoms with Crippen LogP contribution in [-0.4, -0.2) is 32.9 Å². The van der Waals surface area contributed by atoms with Gasteiger partial charge in [-0.05, 0) is 32.9 Å². The summed E-state index contributed by atoms with van der Waals surface area (Å²) >= 11 is 0. The van der Waals surface area contributed by atoms with E-state index in [1.54, 1.807) is 0 Å². The van der Waals surface area contributed by atoms with Gasteiger partial charge >= 0.3 is 5.97 Å². The van der Waals surface area contributed by atoms with Gasteiger partial charge < -0.3 is 15.2 Å². The van der Waals surface area contributed by atoms with E-state index in [2.05, 4.69) is 10.4 Å². The number of carbonyl (C=O) groups excluding carboxylic acids is 1. The molecular weight excluding hydrogens is 336 g/mol. The van der Waals surface area contributed by atoms with Crippen LogP contribution in [0.3, 0.4) is 0 Å². The van der Waals surface area contributed by atoms with Gasteiger partial charge in [0.25, 0.3) is 5.91 Å². The van der Waals surface area contributed by atoms with Gasteiger partial charge in [0.1, 0.15) is 5.75 Å². The number of aromatic nitrogens is 2. The summed E-state index contributed by atoms with van der Waals surface area (Å²) < 4.78 is 32.5. The molecule has 0 fully saturated rings. The molecule has 2 aromatic rings. The number of carbonyl (C=O) groups is 2. The molecule has 9 heteroatoms. The van der Waals surface area contributed by atoms with Crippen molar-refractivity contribution in [2.45, 2.75) is 32.4 Å². The molecule has 25 heavy (non-hydrogen) atoms. The molecule has 1 heterocycles. The molecule has 2 rings (SSSR count). The van der Waals surface area contributed by atoms with Crippen molar-refractivity contribution >= 4 is 17.6 Å². The molecule has 0 aliphatic heterocycles. The SMILES string of the molecule is CC(Oc1ccc(F)c(F)c1)C(=O)Nc1cnn(C(C)(C)C(=O)O)c1. The number of ether oxygens (including phenoxy) is 1. The van der Waals surface area contributed by atoms with Crippen molar-refractivity contribution in [1.82, 2.24) is 9.78 Å². The normalized spacial score (nSPS) is 12.5. The maximum atomic E-state index is 13.1. The van der Waals surface area contributed by atoms with Crippen LogP contribution in [0.4, 0.5) is 14.5 Å². The second-order valence-corrected chi connectivity index (χ2v) is 5.86. The van der Waals surface area contributed by atoms with E-state index < -0.39 is 35.2 Å². The Balaban J connectivity index is 2.03. The van der Waals surface area contributed by atoms with Gasteiger partial charge in [-0.1, -0.05) is 0 Å². The van der Waals surface area contributed by atoms with E-state index in [1.807, 2.05) is 0 Å². The third kappa shape index (κ3) is 4.11. The minimum atomic E-state index is -1.28. The summed E-state index contributed by atoms with van der Waals surface area (Å²) in [4.78, 5) is 23.3. The highest BCUT2D eigenvalue weighted by atomic mass is 19.2. The van der Waals surface area contributed by atoms with Crippen molar-refractivity contribution < 1.29 is 28.2 Å². The Kier molecular flexibility index (Phi) is 5.05. The summed E-state index contributed by atoms with van der Waals surface area (Å²) in [5, 5.41) is 15.6.